The SMILES string of the molecule is CCOC(=O)N1CCN(C(=NC)NCCCN2CCN(c3ccccc3)CC2)CC1. The van der Waals surface area contributed by atoms with Crippen LogP contribution in [-0.4, -0.2) is 106 Å². The number of nitrogens with one attached hydrogen (secondary N) is 1. The minimum absolute atomic E-state index is 0.215. The van der Waals surface area contributed by atoms with Crippen LogP contribution in [0.25, 0.3) is 0 Å². The molecule has 0 bridgehead atoms. The normalized spacial score (nSPS) is 18.5. The van der Waals surface area contributed by atoms with Gasteiger partial charge in [-0.25, -0.2) is 4.79 Å². The van der Waals surface area contributed by atoms with Gasteiger partial charge >= 0.3 is 6.09 Å². The highest BCUT2D eigenvalue weighted by molar-refractivity contribution is 5.80. The van der Waals surface area contributed by atoms with E-state index in [4.69, 9.17) is 4.74 Å². The number of para-hydroxylation sites is 1. The maximum absolute atomic E-state index is 11.8. The zero-order valence-corrected chi connectivity index (χ0v) is 18.4. The summed E-state index contributed by atoms with van der Waals surface area (Å²) in [5.41, 5.74) is 1.32. The number of nitrogens with zero attached hydrogens (tertiary/aromatic N) is 5. The van der Waals surface area contributed by atoms with Gasteiger partial charge in [-0.1, -0.05) is 18.2 Å². The zero-order valence-electron chi connectivity index (χ0n) is 18.4. The first-order valence-corrected chi connectivity index (χ1v) is 11.1. The molecule has 0 spiro atoms. The standard InChI is InChI=1S/C22H36N6O2/c1-3-30-22(29)28-18-16-27(17-19-28)21(23-2)24-10-7-11-25-12-14-26(15-13-25)20-8-5-4-6-9-20/h4-6,8-9H,3,7,10-19H2,1-2H3,(H,23,24). The minimum atomic E-state index is -0.215. The van der Waals surface area contributed by atoms with Gasteiger partial charge in [-0.15, -0.1) is 0 Å². The van der Waals surface area contributed by atoms with Crippen molar-refractivity contribution in [3.8, 4) is 0 Å². The third kappa shape index (κ3) is 6.26. The van der Waals surface area contributed by atoms with Crippen LogP contribution < -0.4 is 10.2 Å². The summed E-state index contributed by atoms with van der Waals surface area (Å²) in [5, 5.41) is 3.49. The minimum Gasteiger partial charge on any atom is -0.450 e. The zero-order chi connectivity index (χ0) is 21.2. The topological polar surface area (TPSA) is 63.7 Å². The van der Waals surface area contributed by atoms with Crippen LogP contribution >= 0.6 is 0 Å². The van der Waals surface area contributed by atoms with E-state index in [1.54, 1.807) is 4.90 Å². The number of aliphatic imine (C=N–C) groups is 1. The van der Waals surface area contributed by atoms with Gasteiger partial charge in [0.05, 0.1) is 6.61 Å². The van der Waals surface area contributed by atoms with Gasteiger partial charge in [0.1, 0.15) is 0 Å². The molecular formula is C22H36N6O2. The fraction of sp³-hybridized carbons (Fsp3) is 0.636. The Morgan fingerprint density at radius 2 is 1.67 bits per heavy atom. The van der Waals surface area contributed by atoms with Crippen molar-refractivity contribution in [2.45, 2.75) is 13.3 Å². The van der Waals surface area contributed by atoms with E-state index in [0.717, 1.165) is 64.7 Å². The van der Waals surface area contributed by atoms with Crippen molar-refractivity contribution < 1.29 is 9.53 Å². The Morgan fingerprint density at radius 3 is 2.30 bits per heavy atom. The maximum atomic E-state index is 11.8. The molecule has 3 rings (SSSR count). The number of carbonyl (C=O) groups excluding carboxylic acids is 1. The fourth-order valence-electron chi connectivity index (χ4n) is 4.02. The predicted molar refractivity (Wildman–Crippen MR) is 121 cm³/mol. The summed E-state index contributed by atoms with van der Waals surface area (Å²) < 4.78 is 5.09. The van der Waals surface area contributed by atoms with Crippen molar-refractivity contribution in [2.24, 2.45) is 4.99 Å². The molecule has 2 aliphatic rings. The Labute approximate surface area is 180 Å². The molecule has 0 saturated carbocycles. The molecule has 0 aliphatic carbocycles. The number of anilines is 1. The van der Waals surface area contributed by atoms with Crippen molar-refractivity contribution in [3.63, 3.8) is 0 Å². The molecule has 8 heteroatoms. The number of rotatable bonds is 6. The van der Waals surface area contributed by atoms with Crippen LogP contribution in [0.4, 0.5) is 10.5 Å². The first-order valence-electron chi connectivity index (χ1n) is 11.1. The van der Waals surface area contributed by atoms with E-state index >= 15 is 0 Å². The molecule has 1 aromatic carbocycles. The molecule has 0 unspecified atom stereocenters. The molecule has 1 amide bonds. The van der Waals surface area contributed by atoms with Crippen LogP contribution in [0, 0.1) is 0 Å². The van der Waals surface area contributed by atoms with Crippen LogP contribution in [0.1, 0.15) is 13.3 Å². The molecular weight excluding hydrogens is 380 g/mol. The summed E-state index contributed by atoms with van der Waals surface area (Å²) in [4.78, 5) is 25.3. The number of benzene rings is 1. The number of carbonyl (C=O) groups is 1. The van der Waals surface area contributed by atoms with Gasteiger partial charge < -0.3 is 24.8 Å². The maximum Gasteiger partial charge on any atom is 0.409 e. The predicted octanol–water partition coefficient (Wildman–Crippen LogP) is 1.55. The van der Waals surface area contributed by atoms with Crippen LogP contribution in [0.2, 0.25) is 0 Å². The number of hydrogen-bond donors (Lipinski definition) is 1. The lowest BCUT2D eigenvalue weighted by molar-refractivity contribution is 0.0914. The van der Waals surface area contributed by atoms with Crippen LogP contribution in [0.5, 0.6) is 0 Å². The van der Waals surface area contributed by atoms with E-state index in [1.165, 1.54) is 5.69 Å². The molecule has 2 aliphatic heterocycles. The number of hydrogen-bond acceptors (Lipinski definition) is 5. The summed E-state index contributed by atoms with van der Waals surface area (Å²) in [6.45, 7) is 11.6. The largest absolute Gasteiger partial charge is 0.450 e. The van der Waals surface area contributed by atoms with E-state index in [2.05, 4.69) is 55.3 Å². The molecule has 30 heavy (non-hydrogen) atoms. The quantitative estimate of drug-likeness (QED) is 0.431. The van der Waals surface area contributed by atoms with Crippen molar-refractivity contribution in [3.05, 3.63) is 30.3 Å². The van der Waals surface area contributed by atoms with Gasteiger partial charge in [0.2, 0.25) is 0 Å². The third-order valence-corrected chi connectivity index (χ3v) is 5.74. The molecule has 2 heterocycles. The second-order valence-electron chi connectivity index (χ2n) is 7.66. The highest BCUT2D eigenvalue weighted by atomic mass is 16.6. The summed E-state index contributed by atoms with van der Waals surface area (Å²) >= 11 is 0. The lowest BCUT2D eigenvalue weighted by Gasteiger charge is -2.37. The van der Waals surface area contributed by atoms with Crippen molar-refractivity contribution >= 4 is 17.7 Å². The second-order valence-corrected chi connectivity index (χ2v) is 7.66. The average molecular weight is 417 g/mol. The van der Waals surface area contributed by atoms with Crippen molar-refractivity contribution in [1.82, 2.24) is 20.0 Å². The molecule has 0 aromatic heterocycles. The van der Waals surface area contributed by atoms with E-state index in [9.17, 15) is 4.79 Å². The third-order valence-electron chi connectivity index (χ3n) is 5.74. The Morgan fingerprint density at radius 1 is 1.00 bits per heavy atom. The molecule has 166 valence electrons. The van der Waals surface area contributed by atoms with E-state index in [1.807, 2.05) is 14.0 Å². The van der Waals surface area contributed by atoms with Gasteiger partial charge in [0.15, 0.2) is 5.96 Å². The van der Waals surface area contributed by atoms with Crippen molar-refractivity contribution in [1.29, 1.82) is 0 Å². The van der Waals surface area contributed by atoms with Gasteiger partial charge in [-0.05, 0) is 32.0 Å². The molecule has 1 N–H and O–H groups in total. The van der Waals surface area contributed by atoms with E-state index < -0.39 is 0 Å². The van der Waals surface area contributed by atoms with Crippen molar-refractivity contribution in [2.75, 3.05) is 84.0 Å². The summed E-state index contributed by atoms with van der Waals surface area (Å²) in [5.74, 6) is 0.924. The molecule has 2 fully saturated rings. The Balaban J connectivity index is 1.31. The molecule has 0 atom stereocenters. The van der Waals surface area contributed by atoms with E-state index in [0.29, 0.717) is 19.7 Å². The Hall–Kier alpha value is -2.48. The molecule has 2 saturated heterocycles. The van der Waals surface area contributed by atoms with Crippen LogP contribution in [0.15, 0.2) is 35.3 Å². The second kappa shape index (κ2) is 11.6. The first-order chi connectivity index (χ1) is 14.7. The fourth-order valence-corrected chi connectivity index (χ4v) is 4.02. The molecule has 0 radical (unpaired) electrons. The highest BCUT2D eigenvalue weighted by Crippen LogP contribution is 2.15. The smallest absolute Gasteiger partial charge is 0.409 e. The lowest BCUT2D eigenvalue weighted by atomic mass is 10.2. The summed E-state index contributed by atoms with van der Waals surface area (Å²) in [7, 11) is 1.82. The Kier molecular flexibility index (Phi) is 8.62. The van der Waals surface area contributed by atoms with Gasteiger partial charge in [-0.2, -0.15) is 0 Å². The summed E-state index contributed by atoms with van der Waals surface area (Å²) in [6, 6.07) is 10.7. The number of piperazine rings is 2. The number of guanidine groups is 1. The van der Waals surface area contributed by atoms with E-state index in [-0.39, 0.29) is 6.09 Å². The van der Waals surface area contributed by atoms with Gasteiger partial charge in [-0.3, -0.25) is 9.89 Å². The molecule has 8 nitrogen and oxygen atoms in total. The van der Waals surface area contributed by atoms with Gasteiger partial charge in [0, 0.05) is 71.6 Å². The number of ether oxygens (including phenoxy) is 1. The van der Waals surface area contributed by atoms with Crippen LogP contribution in [0.3, 0.4) is 0 Å². The van der Waals surface area contributed by atoms with Gasteiger partial charge in [0.25, 0.3) is 0 Å². The number of amides is 1. The molecule has 1 aromatic rings. The lowest BCUT2D eigenvalue weighted by Crippen LogP contribution is -2.54. The van der Waals surface area contributed by atoms with Crippen LogP contribution in [-0.2, 0) is 4.74 Å². The monoisotopic (exact) mass is 416 g/mol. The summed E-state index contributed by atoms with van der Waals surface area (Å²) in [6.07, 6.45) is 0.875. The first kappa shape index (κ1) is 22.2. The Bertz CT molecular complexity index is 667. The highest BCUT2D eigenvalue weighted by Gasteiger charge is 2.23. The average Bonchev–Trinajstić information content (AvgIpc) is 2.80.